The summed E-state index contributed by atoms with van der Waals surface area (Å²) in [6.45, 7) is 8.61. The molecule has 1 heterocycles. The highest BCUT2D eigenvalue weighted by atomic mass is 127. The van der Waals surface area contributed by atoms with E-state index in [9.17, 15) is 9.59 Å². The Bertz CT molecular complexity index is 429. The Morgan fingerprint density at radius 1 is 1.25 bits per heavy atom. The lowest BCUT2D eigenvalue weighted by Gasteiger charge is -2.20. The van der Waals surface area contributed by atoms with Gasteiger partial charge < -0.3 is 20.9 Å². The van der Waals surface area contributed by atoms with Crippen LogP contribution in [0.25, 0.3) is 0 Å². The molecule has 0 saturated carbocycles. The molecule has 0 spiro atoms. The lowest BCUT2D eigenvalue weighted by Crippen LogP contribution is -2.46. The molecule has 1 rings (SSSR count). The average molecular weight is 453 g/mol. The van der Waals surface area contributed by atoms with Crippen LogP contribution < -0.4 is 16.0 Å². The van der Waals surface area contributed by atoms with Crippen LogP contribution in [0.2, 0.25) is 0 Å². The number of nitrogens with one attached hydrogen (secondary N) is 3. The van der Waals surface area contributed by atoms with Crippen LogP contribution in [0.15, 0.2) is 4.99 Å². The summed E-state index contributed by atoms with van der Waals surface area (Å²) in [7, 11) is 1.71. The van der Waals surface area contributed by atoms with Crippen molar-refractivity contribution >= 4 is 41.8 Å². The summed E-state index contributed by atoms with van der Waals surface area (Å²) in [6, 6.07) is 0.206. The van der Waals surface area contributed by atoms with Crippen molar-refractivity contribution in [1.29, 1.82) is 0 Å². The van der Waals surface area contributed by atoms with Crippen molar-refractivity contribution in [2.45, 2.75) is 46.1 Å². The van der Waals surface area contributed by atoms with Crippen molar-refractivity contribution in [1.82, 2.24) is 20.9 Å². The average Bonchev–Trinajstić information content (AvgIpc) is 2.99. The molecular formula is C16H32IN5O2. The fraction of sp³-hybridized carbons (Fsp3) is 0.812. The van der Waals surface area contributed by atoms with Crippen molar-refractivity contribution in [2.75, 3.05) is 33.2 Å². The fourth-order valence-corrected chi connectivity index (χ4v) is 2.48. The number of halogens is 1. The zero-order valence-electron chi connectivity index (χ0n) is 15.2. The molecule has 1 aliphatic heterocycles. The Morgan fingerprint density at radius 3 is 2.54 bits per heavy atom. The molecule has 0 aromatic heterocycles. The highest BCUT2D eigenvalue weighted by Crippen LogP contribution is 2.12. The number of hydrogen-bond donors (Lipinski definition) is 3. The standard InChI is InChI=1S/C16H31N5O2.HI/c1-5-8-18-14(22)6-9-19-16(17-4)20-13-7-10-21(11-13)15(23)12(2)3;/h12-13H,5-11H2,1-4H3,(H,18,22)(H2,17,19,20);1H. The van der Waals surface area contributed by atoms with E-state index in [2.05, 4.69) is 20.9 Å². The van der Waals surface area contributed by atoms with Gasteiger partial charge in [-0.15, -0.1) is 24.0 Å². The van der Waals surface area contributed by atoms with Gasteiger partial charge in [-0.2, -0.15) is 0 Å². The van der Waals surface area contributed by atoms with E-state index in [4.69, 9.17) is 0 Å². The molecule has 7 nitrogen and oxygen atoms in total. The van der Waals surface area contributed by atoms with Crippen LogP contribution in [0, 0.1) is 5.92 Å². The summed E-state index contributed by atoms with van der Waals surface area (Å²) in [6.07, 6.45) is 2.27. The highest BCUT2D eigenvalue weighted by molar-refractivity contribution is 14.0. The maximum atomic E-state index is 12.0. The largest absolute Gasteiger partial charge is 0.356 e. The summed E-state index contributed by atoms with van der Waals surface area (Å²) in [5.74, 6) is 0.958. The van der Waals surface area contributed by atoms with E-state index in [-0.39, 0.29) is 47.8 Å². The van der Waals surface area contributed by atoms with E-state index in [1.807, 2.05) is 25.7 Å². The molecule has 140 valence electrons. The third-order valence-corrected chi connectivity index (χ3v) is 3.77. The maximum absolute atomic E-state index is 12.0. The Kier molecular flexibility index (Phi) is 11.8. The first-order chi connectivity index (χ1) is 11.0. The number of hydrogen-bond acceptors (Lipinski definition) is 3. The van der Waals surface area contributed by atoms with Gasteiger partial charge in [0.25, 0.3) is 0 Å². The molecule has 1 unspecified atom stereocenters. The molecule has 0 radical (unpaired) electrons. The molecule has 1 fully saturated rings. The second-order valence-corrected chi connectivity index (χ2v) is 6.17. The van der Waals surface area contributed by atoms with E-state index in [1.165, 1.54) is 0 Å². The van der Waals surface area contributed by atoms with Crippen LogP contribution in [0.5, 0.6) is 0 Å². The van der Waals surface area contributed by atoms with Crippen LogP contribution in [-0.2, 0) is 9.59 Å². The minimum atomic E-state index is 0. The SMILES string of the molecule is CCCNC(=O)CCNC(=NC)NC1CCN(C(=O)C(C)C)C1.I. The van der Waals surface area contributed by atoms with E-state index in [0.717, 1.165) is 19.4 Å². The summed E-state index contributed by atoms with van der Waals surface area (Å²) in [5, 5.41) is 9.31. The first-order valence-electron chi connectivity index (χ1n) is 8.50. The molecule has 8 heteroatoms. The molecule has 0 aromatic carbocycles. The minimum Gasteiger partial charge on any atom is -0.356 e. The monoisotopic (exact) mass is 453 g/mol. The highest BCUT2D eigenvalue weighted by Gasteiger charge is 2.27. The van der Waals surface area contributed by atoms with Gasteiger partial charge in [-0.3, -0.25) is 14.6 Å². The molecule has 2 amide bonds. The number of guanidine groups is 1. The predicted molar refractivity (Wildman–Crippen MR) is 108 cm³/mol. The van der Waals surface area contributed by atoms with Gasteiger partial charge in [0.05, 0.1) is 0 Å². The maximum Gasteiger partial charge on any atom is 0.225 e. The van der Waals surface area contributed by atoms with Gasteiger partial charge in [-0.1, -0.05) is 20.8 Å². The molecule has 0 bridgehead atoms. The zero-order valence-corrected chi connectivity index (χ0v) is 17.6. The van der Waals surface area contributed by atoms with Gasteiger partial charge in [0.1, 0.15) is 0 Å². The van der Waals surface area contributed by atoms with Gasteiger partial charge in [0.15, 0.2) is 5.96 Å². The Labute approximate surface area is 162 Å². The zero-order chi connectivity index (χ0) is 17.2. The minimum absolute atomic E-state index is 0. The van der Waals surface area contributed by atoms with Gasteiger partial charge in [0.2, 0.25) is 11.8 Å². The molecule has 24 heavy (non-hydrogen) atoms. The lowest BCUT2D eigenvalue weighted by atomic mass is 10.2. The number of carbonyl (C=O) groups excluding carboxylic acids is 2. The van der Waals surface area contributed by atoms with Crippen LogP contribution in [0.3, 0.4) is 0 Å². The summed E-state index contributed by atoms with van der Waals surface area (Å²) in [5.41, 5.74) is 0. The fourth-order valence-electron chi connectivity index (χ4n) is 2.48. The number of likely N-dealkylation sites (tertiary alicyclic amines) is 1. The quantitative estimate of drug-likeness (QED) is 0.304. The summed E-state index contributed by atoms with van der Waals surface area (Å²) >= 11 is 0. The number of aliphatic imine (C=N–C) groups is 1. The second kappa shape index (κ2) is 12.3. The Morgan fingerprint density at radius 2 is 1.96 bits per heavy atom. The lowest BCUT2D eigenvalue weighted by molar-refractivity contribution is -0.133. The summed E-state index contributed by atoms with van der Waals surface area (Å²) in [4.78, 5) is 29.6. The van der Waals surface area contributed by atoms with E-state index in [1.54, 1.807) is 7.05 Å². The molecule has 0 aromatic rings. The van der Waals surface area contributed by atoms with E-state index < -0.39 is 0 Å². The van der Waals surface area contributed by atoms with Crippen molar-refractivity contribution in [3.05, 3.63) is 0 Å². The molecule has 1 saturated heterocycles. The molecule has 0 aliphatic carbocycles. The number of nitrogens with zero attached hydrogens (tertiary/aromatic N) is 2. The Hall–Kier alpha value is -1.06. The molecule has 3 N–H and O–H groups in total. The molecular weight excluding hydrogens is 421 g/mol. The second-order valence-electron chi connectivity index (χ2n) is 6.17. The third-order valence-electron chi connectivity index (χ3n) is 3.77. The summed E-state index contributed by atoms with van der Waals surface area (Å²) < 4.78 is 0. The van der Waals surface area contributed by atoms with Crippen molar-refractivity contribution in [3.63, 3.8) is 0 Å². The molecule has 1 aliphatic rings. The van der Waals surface area contributed by atoms with Crippen LogP contribution in [0.4, 0.5) is 0 Å². The number of amides is 2. The van der Waals surface area contributed by atoms with Gasteiger partial charge in [0, 0.05) is 51.6 Å². The van der Waals surface area contributed by atoms with Crippen molar-refractivity contribution in [2.24, 2.45) is 10.9 Å². The molecule has 1 atom stereocenters. The van der Waals surface area contributed by atoms with Gasteiger partial charge >= 0.3 is 0 Å². The third kappa shape index (κ3) is 8.16. The van der Waals surface area contributed by atoms with Crippen molar-refractivity contribution in [3.8, 4) is 0 Å². The van der Waals surface area contributed by atoms with Crippen molar-refractivity contribution < 1.29 is 9.59 Å². The van der Waals surface area contributed by atoms with Crippen LogP contribution in [0.1, 0.15) is 40.0 Å². The number of carbonyl (C=O) groups is 2. The topological polar surface area (TPSA) is 85.8 Å². The number of rotatable bonds is 7. The van der Waals surface area contributed by atoms with Gasteiger partial charge in [-0.05, 0) is 12.8 Å². The smallest absolute Gasteiger partial charge is 0.225 e. The van der Waals surface area contributed by atoms with Crippen LogP contribution in [-0.4, -0.2) is 61.9 Å². The van der Waals surface area contributed by atoms with Crippen LogP contribution >= 0.6 is 24.0 Å². The first-order valence-corrected chi connectivity index (χ1v) is 8.50. The van der Waals surface area contributed by atoms with Gasteiger partial charge in [-0.25, -0.2) is 0 Å². The van der Waals surface area contributed by atoms with E-state index in [0.29, 0.717) is 32.0 Å². The first kappa shape index (κ1) is 22.9. The Balaban J connectivity index is 0.00000529. The predicted octanol–water partition coefficient (Wildman–Crippen LogP) is 0.943. The van der Waals surface area contributed by atoms with E-state index >= 15 is 0 Å². The normalized spacial score (nSPS) is 17.5.